The van der Waals surface area contributed by atoms with Crippen LogP contribution in [0.5, 0.6) is 0 Å². The van der Waals surface area contributed by atoms with Crippen molar-refractivity contribution < 1.29 is 13.9 Å². The van der Waals surface area contributed by atoms with Gasteiger partial charge >= 0.3 is 0 Å². The van der Waals surface area contributed by atoms with E-state index < -0.39 is 12.1 Å². The minimum Gasteiger partial charge on any atom is -0.382 e. The fraction of sp³-hybridized carbons (Fsp3) is 0.333. The third-order valence-corrected chi connectivity index (χ3v) is 4.31. The number of hydrogen-bond donors (Lipinski definition) is 2. The molecule has 9 heteroatoms. The van der Waals surface area contributed by atoms with E-state index in [9.17, 15) is 9.18 Å². The number of rotatable bonds is 8. The summed E-state index contributed by atoms with van der Waals surface area (Å²) in [4.78, 5) is 21.3. The number of aromatic nitrogens is 3. The van der Waals surface area contributed by atoms with Crippen molar-refractivity contribution >= 4 is 22.6 Å². The van der Waals surface area contributed by atoms with Crippen molar-refractivity contribution in [2.75, 3.05) is 25.6 Å². The largest absolute Gasteiger partial charge is 0.382 e. The van der Waals surface area contributed by atoms with Crippen LogP contribution in [0.25, 0.3) is 16.9 Å². The molecule has 0 saturated carbocycles. The quantitative estimate of drug-likeness (QED) is 0.592. The van der Waals surface area contributed by atoms with Gasteiger partial charge in [0.15, 0.2) is 0 Å². The highest BCUT2D eigenvalue weighted by Crippen LogP contribution is 2.23. The maximum absolute atomic E-state index is 13.6. The SMILES string of the molecule is COC[C@H](F)CNC(=O)c1cnc(-n2ccc3cc(C#N)cnc32)cc1NC(C)C. The Bertz CT molecular complexity index is 1090. The molecule has 3 heterocycles. The number of nitrogens with one attached hydrogen (secondary N) is 2. The number of ether oxygens (including phenoxy) is 1. The summed E-state index contributed by atoms with van der Waals surface area (Å²) in [5.41, 5.74) is 2.01. The first-order valence-corrected chi connectivity index (χ1v) is 9.48. The van der Waals surface area contributed by atoms with Gasteiger partial charge in [-0.15, -0.1) is 0 Å². The van der Waals surface area contributed by atoms with Crippen molar-refractivity contribution in [1.29, 1.82) is 5.26 Å². The van der Waals surface area contributed by atoms with Gasteiger partial charge in [0.1, 0.15) is 23.7 Å². The topological polar surface area (TPSA) is 105 Å². The number of methoxy groups -OCH3 is 1. The second-order valence-corrected chi connectivity index (χ2v) is 7.08. The fourth-order valence-electron chi connectivity index (χ4n) is 3.00. The van der Waals surface area contributed by atoms with Gasteiger partial charge in [0.05, 0.1) is 30.0 Å². The third-order valence-electron chi connectivity index (χ3n) is 4.31. The fourth-order valence-corrected chi connectivity index (χ4v) is 3.00. The number of alkyl halides is 1. The summed E-state index contributed by atoms with van der Waals surface area (Å²) in [5.74, 6) is 0.134. The Kier molecular flexibility index (Phi) is 6.59. The molecule has 2 N–H and O–H groups in total. The predicted octanol–water partition coefficient (Wildman–Crippen LogP) is 2.83. The molecular formula is C21H23FN6O2. The molecule has 1 atom stereocenters. The summed E-state index contributed by atoms with van der Waals surface area (Å²) >= 11 is 0. The number of halogens is 1. The molecule has 0 bridgehead atoms. The molecule has 8 nitrogen and oxygen atoms in total. The van der Waals surface area contributed by atoms with Crippen LogP contribution in [-0.4, -0.2) is 52.9 Å². The van der Waals surface area contributed by atoms with Crippen LogP contribution in [0.15, 0.2) is 36.8 Å². The molecule has 156 valence electrons. The number of anilines is 1. The summed E-state index contributed by atoms with van der Waals surface area (Å²) in [7, 11) is 1.41. The summed E-state index contributed by atoms with van der Waals surface area (Å²) < 4.78 is 20.2. The summed E-state index contributed by atoms with van der Waals surface area (Å²) in [6.07, 6.45) is 3.47. The van der Waals surface area contributed by atoms with E-state index in [1.807, 2.05) is 19.9 Å². The molecule has 30 heavy (non-hydrogen) atoms. The van der Waals surface area contributed by atoms with Gasteiger partial charge in [-0.25, -0.2) is 14.4 Å². The molecule has 1 amide bonds. The van der Waals surface area contributed by atoms with Crippen LogP contribution < -0.4 is 10.6 Å². The van der Waals surface area contributed by atoms with Crippen molar-refractivity contribution in [3.63, 3.8) is 0 Å². The van der Waals surface area contributed by atoms with Crippen molar-refractivity contribution in [2.45, 2.75) is 26.1 Å². The molecule has 0 spiro atoms. The van der Waals surface area contributed by atoms with E-state index in [0.29, 0.717) is 28.3 Å². The lowest BCUT2D eigenvalue weighted by molar-refractivity contribution is 0.0902. The van der Waals surface area contributed by atoms with E-state index in [1.54, 1.807) is 22.9 Å². The Morgan fingerprint density at radius 3 is 2.83 bits per heavy atom. The first-order chi connectivity index (χ1) is 14.4. The second-order valence-electron chi connectivity index (χ2n) is 7.08. The van der Waals surface area contributed by atoms with Crippen LogP contribution >= 0.6 is 0 Å². The Labute approximate surface area is 173 Å². The lowest BCUT2D eigenvalue weighted by Gasteiger charge is -2.16. The number of nitriles is 1. The van der Waals surface area contributed by atoms with Gasteiger partial charge in [-0.05, 0) is 26.0 Å². The first kappa shape index (κ1) is 21.2. The number of pyridine rings is 2. The van der Waals surface area contributed by atoms with Crippen molar-refractivity contribution in [1.82, 2.24) is 19.9 Å². The number of carbonyl (C=O) groups is 1. The monoisotopic (exact) mass is 410 g/mol. The molecule has 3 aromatic heterocycles. The number of amides is 1. The van der Waals surface area contributed by atoms with Crippen LogP contribution in [-0.2, 0) is 4.74 Å². The van der Waals surface area contributed by atoms with E-state index in [0.717, 1.165) is 5.39 Å². The van der Waals surface area contributed by atoms with Gasteiger partial charge in [0.25, 0.3) is 5.91 Å². The summed E-state index contributed by atoms with van der Waals surface area (Å²) in [5, 5.41) is 15.7. The average Bonchev–Trinajstić information content (AvgIpc) is 3.15. The third kappa shape index (κ3) is 4.72. The van der Waals surface area contributed by atoms with Crippen LogP contribution in [0.4, 0.5) is 10.1 Å². The zero-order valence-electron chi connectivity index (χ0n) is 17.0. The van der Waals surface area contributed by atoms with Crippen molar-refractivity contribution in [2.24, 2.45) is 0 Å². The first-order valence-electron chi connectivity index (χ1n) is 9.48. The van der Waals surface area contributed by atoms with E-state index in [-0.39, 0.29) is 19.2 Å². The second kappa shape index (κ2) is 9.33. The maximum atomic E-state index is 13.6. The smallest absolute Gasteiger partial charge is 0.255 e. The molecule has 0 aromatic carbocycles. The zero-order valence-corrected chi connectivity index (χ0v) is 17.0. The van der Waals surface area contributed by atoms with Crippen LogP contribution in [0.1, 0.15) is 29.8 Å². The number of carbonyl (C=O) groups excluding carboxylic acids is 1. The lowest BCUT2D eigenvalue weighted by Crippen LogP contribution is -2.33. The average molecular weight is 410 g/mol. The normalized spacial score (nSPS) is 12.0. The highest BCUT2D eigenvalue weighted by Gasteiger charge is 2.17. The van der Waals surface area contributed by atoms with Gasteiger partial charge in [-0.3, -0.25) is 9.36 Å². The van der Waals surface area contributed by atoms with Crippen molar-refractivity contribution in [3.8, 4) is 11.9 Å². The van der Waals surface area contributed by atoms with E-state index in [1.165, 1.54) is 19.5 Å². The zero-order chi connectivity index (χ0) is 21.7. The maximum Gasteiger partial charge on any atom is 0.255 e. The van der Waals surface area contributed by atoms with Gasteiger partial charge in [0, 0.05) is 43.2 Å². The van der Waals surface area contributed by atoms with Gasteiger partial charge < -0.3 is 15.4 Å². The molecule has 0 unspecified atom stereocenters. The Morgan fingerprint density at radius 1 is 1.33 bits per heavy atom. The standard InChI is InChI=1S/C21H23FN6O2/c1-13(2)27-18-7-19(24-11-17(18)21(29)26-10-16(22)12-30-3)28-5-4-15-6-14(8-23)9-25-20(15)28/h4-7,9,11,13,16H,10,12H2,1-3H3,(H,24,27)(H,26,29)/t16-/m1/s1. The molecule has 3 aromatic rings. The minimum absolute atomic E-state index is 0.0620. The highest BCUT2D eigenvalue weighted by molar-refractivity contribution is 5.99. The van der Waals surface area contributed by atoms with Crippen LogP contribution in [0.3, 0.4) is 0 Å². The molecule has 0 aliphatic rings. The Morgan fingerprint density at radius 2 is 2.13 bits per heavy atom. The van der Waals surface area contributed by atoms with E-state index >= 15 is 0 Å². The van der Waals surface area contributed by atoms with Crippen LogP contribution in [0.2, 0.25) is 0 Å². The van der Waals surface area contributed by atoms with Gasteiger partial charge in [-0.1, -0.05) is 0 Å². The molecule has 0 radical (unpaired) electrons. The molecule has 0 aliphatic carbocycles. The van der Waals surface area contributed by atoms with Gasteiger partial charge in [0.2, 0.25) is 0 Å². The van der Waals surface area contributed by atoms with Crippen LogP contribution in [0, 0.1) is 11.3 Å². The highest BCUT2D eigenvalue weighted by atomic mass is 19.1. The number of nitrogens with zero attached hydrogens (tertiary/aromatic N) is 4. The minimum atomic E-state index is -1.29. The molecule has 0 fully saturated rings. The van der Waals surface area contributed by atoms with Gasteiger partial charge in [-0.2, -0.15) is 5.26 Å². The molecule has 3 rings (SSSR count). The Balaban J connectivity index is 1.93. The predicted molar refractivity (Wildman–Crippen MR) is 111 cm³/mol. The lowest BCUT2D eigenvalue weighted by atomic mass is 10.2. The number of hydrogen-bond acceptors (Lipinski definition) is 6. The number of fused-ring (bicyclic) bond motifs is 1. The molecule has 0 aliphatic heterocycles. The molecular weight excluding hydrogens is 387 g/mol. The summed E-state index contributed by atoms with van der Waals surface area (Å²) in [6, 6.07) is 7.48. The summed E-state index contributed by atoms with van der Waals surface area (Å²) in [6.45, 7) is 3.67. The van der Waals surface area contributed by atoms with Crippen molar-refractivity contribution in [3.05, 3.63) is 47.9 Å². The van der Waals surface area contributed by atoms with E-state index in [2.05, 4.69) is 26.7 Å². The molecule has 0 saturated heterocycles. The Hall–Kier alpha value is -3.51. The van der Waals surface area contributed by atoms with E-state index in [4.69, 9.17) is 10.00 Å².